The number of rotatable bonds is 6. The van der Waals surface area contributed by atoms with Gasteiger partial charge in [-0.2, -0.15) is 4.98 Å². The molecule has 0 radical (unpaired) electrons. The SMILES string of the molecule is COc1c(NN)ncnc1NCCc1noc(C)n1. The van der Waals surface area contributed by atoms with Crippen LogP contribution in [-0.4, -0.2) is 33.8 Å². The van der Waals surface area contributed by atoms with E-state index in [1.165, 1.54) is 13.4 Å². The molecule has 2 aromatic heterocycles. The summed E-state index contributed by atoms with van der Waals surface area (Å²) in [5.74, 6) is 7.93. The number of methoxy groups -OCH3 is 1. The van der Waals surface area contributed by atoms with Crippen LogP contribution in [0.1, 0.15) is 11.7 Å². The fraction of sp³-hybridized carbons (Fsp3) is 0.400. The van der Waals surface area contributed by atoms with Crippen LogP contribution in [0.5, 0.6) is 5.75 Å². The van der Waals surface area contributed by atoms with Crippen LogP contribution in [0, 0.1) is 6.92 Å². The van der Waals surface area contributed by atoms with Gasteiger partial charge in [0.25, 0.3) is 0 Å². The fourth-order valence-corrected chi connectivity index (χ4v) is 1.53. The van der Waals surface area contributed by atoms with Gasteiger partial charge in [0, 0.05) is 19.9 Å². The number of nitrogens with zero attached hydrogens (tertiary/aromatic N) is 4. The van der Waals surface area contributed by atoms with Crippen LogP contribution >= 0.6 is 0 Å². The minimum absolute atomic E-state index is 0.412. The number of hydrogen-bond donors (Lipinski definition) is 3. The van der Waals surface area contributed by atoms with Gasteiger partial charge >= 0.3 is 0 Å². The van der Waals surface area contributed by atoms with Gasteiger partial charge < -0.3 is 20.0 Å². The van der Waals surface area contributed by atoms with Gasteiger partial charge in [-0.25, -0.2) is 15.8 Å². The molecule has 9 heteroatoms. The molecule has 0 atom stereocenters. The predicted molar refractivity (Wildman–Crippen MR) is 67.6 cm³/mol. The van der Waals surface area contributed by atoms with Crippen molar-refractivity contribution >= 4 is 11.6 Å². The average Bonchev–Trinajstić information content (AvgIpc) is 2.84. The van der Waals surface area contributed by atoms with E-state index in [4.69, 9.17) is 15.1 Å². The van der Waals surface area contributed by atoms with Gasteiger partial charge in [0.15, 0.2) is 17.5 Å². The molecule has 102 valence electrons. The minimum atomic E-state index is 0.412. The molecular formula is C10H15N7O2. The third kappa shape index (κ3) is 3.07. The van der Waals surface area contributed by atoms with Gasteiger partial charge in [-0.05, 0) is 0 Å². The van der Waals surface area contributed by atoms with E-state index in [0.29, 0.717) is 42.1 Å². The molecule has 0 spiro atoms. The smallest absolute Gasteiger partial charge is 0.223 e. The van der Waals surface area contributed by atoms with Crippen LogP contribution in [0.15, 0.2) is 10.9 Å². The maximum atomic E-state index is 5.34. The van der Waals surface area contributed by atoms with Crippen molar-refractivity contribution in [3.8, 4) is 5.75 Å². The quantitative estimate of drug-likeness (QED) is 0.493. The third-order valence-electron chi connectivity index (χ3n) is 2.36. The summed E-state index contributed by atoms with van der Waals surface area (Å²) in [6, 6.07) is 0. The van der Waals surface area contributed by atoms with Gasteiger partial charge in [0.2, 0.25) is 11.6 Å². The Morgan fingerprint density at radius 1 is 1.37 bits per heavy atom. The van der Waals surface area contributed by atoms with Gasteiger partial charge in [0.1, 0.15) is 6.33 Å². The Morgan fingerprint density at radius 3 is 2.79 bits per heavy atom. The van der Waals surface area contributed by atoms with Crippen molar-refractivity contribution in [2.45, 2.75) is 13.3 Å². The van der Waals surface area contributed by atoms with Crippen LogP contribution in [0.3, 0.4) is 0 Å². The summed E-state index contributed by atoms with van der Waals surface area (Å²) in [6.45, 7) is 2.33. The predicted octanol–water partition coefficient (Wildman–Crippen LogP) is 0.117. The summed E-state index contributed by atoms with van der Waals surface area (Å²) in [7, 11) is 1.52. The largest absolute Gasteiger partial charge is 0.490 e. The first-order valence-corrected chi connectivity index (χ1v) is 5.63. The molecule has 0 aliphatic carbocycles. The second-order valence-electron chi connectivity index (χ2n) is 3.65. The Morgan fingerprint density at radius 2 is 2.16 bits per heavy atom. The van der Waals surface area contributed by atoms with E-state index in [-0.39, 0.29) is 0 Å². The van der Waals surface area contributed by atoms with Crippen LogP contribution in [-0.2, 0) is 6.42 Å². The van der Waals surface area contributed by atoms with Crippen molar-refractivity contribution in [1.29, 1.82) is 0 Å². The Balaban J connectivity index is 1.99. The zero-order chi connectivity index (χ0) is 13.7. The third-order valence-corrected chi connectivity index (χ3v) is 2.36. The van der Waals surface area contributed by atoms with Crippen molar-refractivity contribution in [3.05, 3.63) is 18.0 Å². The molecule has 0 unspecified atom stereocenters. The number of nitrogens with two attached hydrogens (primary N) is 1. The highest BCUT2D eigenvalue weighted by Crippen LogP contribution is 2.27. The topological polar surface area (TPSA) is 124 Å². The molecular weight excluding hydrogens is 250 g/mol. The maximum absolute atomic E-state index is 5.34. The Labute approximate surface area is 109 Å². The number of nitrogens with one attached hydrogen (secondary N) is 2. The first kappa shape index (κ1) is 13.0. The molecule has 0 aromatic carbocycles. The van der Waals surface area contributed by atoms with Crippen LogP contribution in [0.2, 0.25) is 0 Å². The van der Waals surface area contributed by atoms with E-state index < -0.39 is 0 Å². The molecule has 19 heavy (non-hydrogen) atoms. The van der Waals surface area contributed by atoms with Crippen LogP contribution in [0.25, 0.3) is 0 Å². The molecule has 0 saturated heterocycles. The zero-order valence-electron chi connectivity index (χ0n) is 10.7. The molecule has 2 heterocycles. The summed E-state index contributed by atoms with van der Waals surface area (Å²) >= 11 is 0. The van der Waals surface area contributed by atoms with E-state index in [1.54, 1.807) is 6.92 Å². The molecule has 0 amide bonds. The average molecular weight is 265 g/mol. The number of hydrazine groups is 1. The molecule has 0 saturated carbocycles. The van der Waals surface area contributed by atoms with Gasteiger partial charge in [-0.3, -0.25) is 0 Å². The summed E-state index contributed by atoms with van der Waals surface area (Å²) in [5.41, 5.74) is 2.44. The first-order valence-electron chi connectivity index (χ1n) is 5.63. The van der Waals surface area contributed by atoms with Gasteiger partial charge in [-0.1, -0.05) is 5.16 Å². The number of aromatic nitrogens is 4. The van der Waals surface area contributed by atoms with E-state index in [9.17, 15) is 0 Å². The van der Waals surface area contributed by atoms with Gasteiger partial charge in [0.05, 0.1) is 7.11 Å². The Hall–Kier alpha value is -2.42. The normalized spacial score (nSPS) is 10.3. The summed E-state index contributed by atoms with van der Waals surface area (Å²) in [5, 5.41) is 6.90. The summed E-state index contributed by atoms with van der Waals surface area (Å²) in [6.07, 6.45) is 1.99. The highest BCUT2D eigenvalue weighted by atomic mass is 16.5. The molecule has 0 aliphatic heterocycles. The van der Waals surface area contributed by atoms with Crippen molar-refractivity contribution in [3.63, 3.8) is 0 Å². The van der Waals surface area contributed by atoms with Gasteiger partial charge in [-0.15, -0.1) is 0 Å². The fourth-order valence-electron chi connectivity index (χ4n) is 1.53. The molecule has 2 aromatic rings. The molecule has 9 nitrogen and oxygen atoms in total. The molecule has 4 N–H and O–H groups in total. The molecule has 0 bridgehead atoms. The lowest BCUT2D eigenvalue weighted by molar-refractivity contribution is 0.387. The monoisotopic (exact) mass is 265 g/mol. The van der Waals surface area contributed by atoms with Crippen molar-refractivity contribution in [2.24, 2.45) is 5.84 Å². The lowest BCUT2D eigenvalue weighted by Gasteiger charge is -2.11. The van der Waals surface area contributed by atoms with Crippen molar-refractivity contribution < 1.29 is 9.26 Å². The zero-order valence-corrected chi connectivity index (χ0v) is 10.7. The number of hydrogen-bond acceptors (Lipinski definition) is 9. The Kier molecular flexibility index (Phi) is 4.08. The minimum Gasteiger partial charge on any atom is -0.490 e. The van der Waals surface area contributed by atoms with E-state index in [1.807, 2.05) is 0 Å². The molecule has 0 aliphatic rings. The van der Waals surface area contributed by atoms with E-state index >= 15 is 0 Å². The number of anilines is 2. The second kappa shape index (κ2) is 5.96. The number of ether oxygens (including phenoxy) is 1. The lowest BCUT2D eigenvalue weighted by Crippen LogP contribution is -2.13. The summed E-state index contributed by atoms with van der Waals surface area (Å²) < 4.78 is 10.1. The molecule has 0 fully saturated rings. The van der Waals surface area contributed by atoms with Crippen molar-refractivity contribution in [1.82, 2.24) is 20.1 Å². The standard InChI is InChI=1S/C10H15N7O2/c1-6-15-7(17-19-6)3-4-12-9-8(18-2)10(16-11)14-5-13-9/h5H,3-4,11H2,1-2H3,(H2,12,13,14,16). The highest BCUT2D eigenvalue weighted by molar-refractivity contribution is 5.62. The maximum Gasteiger partial charge on any atom is 0.223 e. The number of nitrogen functional groups attached to an aromatic ring is 1. The second-order valence-corrected chi connectivity index (χ2v) is 3.65. The molecule has 2 rings (SSSR count). The van der Waals surface area contributed by atoms with E-state index in [2.05, 4.69) is 30.9 Å². The Bertz CT molecular complexity index is 542. The summed E-state index contributed by atoms with van der Waals surface area (Å²) in [4.78, 5) is 12.1. The van der Waals surface area contributed by atoms with Crippen molar-refractivity contribution in [2.75, 3.05) is 24.4 Å². The van der Waals surface area contributed by atoms with Crippen LogP contribution in [0.4, 0.5) is 11.6 Å². The van der Waals surface area contributed by atoms with Crippen LogP contribution < -0.4 is 21.3 Å². The lowest BCUT2D eigenvalue weighted by atomic mass is 10.4. The first-order chi connectivity index (χ1) is 9.24. The highest BCUT2D eigenvalue weighted by Gasteiger charge is 2.11. The van der Waals surface area contributed by atoms with E-state index in [0.717, 1.165) is 0 Å². The number of aryl methyl sites for hydroxylation is 1.